The van der Waals surface area contributed by atoms with E-state index in [2.05, 4.69) is 4.98 Å². The van der Waals surface area contributed by atoms with Gasteiger partial charge in [0.05, 0.1) is 28.3 Å². The van der Waals surface area contributed by atoms with Crippen molar-refractivity contribution in [3.63, 3.8) is 0 Å². The van der Waals surface area contributed by atoms with Crippen LogP contribution in [0.25, 0.3) is 22.2 Å². The van der Waals surface area contributed by atoms with Crippen LogP contribution in [0.4, 0.5) is 5.69 Å². The van der Waals surface area contributed by atoms with Crippen LogP contribution >= 0.6 is 11.6 Å². The number of para-hydroxylation sites is 1. The molecule has 0 saturated carbocycles. The standard InChI is InChI=1S/C25H17ClN2O6/c26-18-7-5-15(6-8-18)23-11-21(20-3-1-2-4-22(20)27-23)25(29)33-13-17-10-19(28(30)31)9-16-12-32-14-34-24(16)17/h1-11H,12-14H2. The number of halogens is 1. The number of non-ortho nitro benzene ring substituents is 1. The van der Waals surface area contributed by atoms with Gasteiger partial charge in [0.15, 0.2) is 6.79 Å². The number of aromatic nitrogens is 1. The Morgan fingerprint density at radius 1 is 1.12 bits per heavy atom. The number of benzene rings is 3. The minimum atomic E-state index is -0.582. The molecule has 0 amide bonds. The summed E-state index contributed by atoms with van der Waals surface area (Å²) in [6, 6.07) is 18.8. The Hall–Kier alpha value is -4.01. The van der Waals surface area contributed by atoms with Crippen LogP contribution in [0.5, 0.6) is 5.75 Å². The molecule has 3 aromatic carbocycles. The first-order chi connectivity index (χ1) is 16.5. The lowest BCUT2D eigenvalue weighted by molar-refractivity contribution is -0.385. The van der Waals surface area contributed by atoms with E-state index in [9.17, 15) is 14.9 Å². The fraction of sp³-hybridized carbons (Fsp3) is 0.120. The number of fused-ring (bicyclic) bond motifs is 2. The number of carbonyl (C=O) groups is 1. The summed E-state index contributed by atoms with van der Waals surface area (Å²) in [6.07, 6.45) is 0. The number of hydrogen-bond donors (Lipinski definition) is 0. The average molecular weight is 477 g/mol. The molecule has 0 atom stereocenters. The van der Waals surface area contributed by atoms with Gasteiger partial charge in [0.25, 0.3) is 5.69 Å². The van der Waals surface area contributed by atoms with Crippen LogP contribution in [-0.4, -0.2) is 22.7 Å². The Bertz CT molecular complexity index is 1420. The largest absolute Gasteiger partial charge is 0.467 e. The van der Waals surface area contributed by atoms with Crippen molar-refractivity contribution in [3.05, 3.63) is 98.6 Å². The maximum atomic E-state index is 13.2. The first-order valence-electron chi connectivity index (χ1n) is 10.3. The molecule has 9 heteroatoms. The van der Waals surface area contributed by atoms with E-state index in [1.54, 1.807) is 24.3 Å². The van der Waals surface area contributed by atoms with E-state index in [1.807, 2.05) is 30.3 Å². The number of hydrogen-bond acceptors (Lipinski definition) is 7. The molecular formula is C25H17ClN2O6. The number of nitro benzene ring substituents is 1. The SMILES string of the molecule is O=C(OCc1cc([N+](=O)[O-])cc2c1OCOC2)c1cc(-c2ccc(Cl)cc2)nc2ccccc12. The van der Waals surface area contributed by atoms with Crippen molar-refractivity contribution >= 4 is 34.2 Å². The van der Waals surface area contributed by atoms with Gasteiger partial charge in [-0.05, 0) is 24.3 Å². The van der Waals surface area contributed by atoms with Gasteiger partial charge in [-0.2, -0.15) is 0 Å². The topological polar surface area (TPSA) is 101 Å². The van der Waals surface area contributed by atoms with Gasteiger partial charge in [-0.3, -0.25) is 10.1 Å². The second-order valence-corrected chi connectivity index (χ2v) is 8.05. The number of nitrogens with zero attached hydrogens (tertiary/aromatic N) is 2. The highest BCUT2D eigenvalue weighted by atomic mass is 35.5. The normalized spacial score (nSPS) is 12.6. The Morgan fingerprint density at radius 3 is 2.71 bits per heavy atom. The molecule has 0 bridgehead atoms. The summed E-state index contributed by atoms with van der Waals surface area (Å²) in [4.78, 5) is 28.7. The summed E-state index contributed by atoms with van der Waals surface area (Å²) in [5.41, 5.74) is 3.16. The molecule has 0 saturated heterocycles. The van der Waals surface area contributed by atoms with Gasteiger partial charge in [-0.25, -0.2) is 9.78 Å². The van der Waals surface area contributed by atoms with Crippen molar-refractivity contribution in [3.8, 4) is 17.0 Å². The molecule has 0 unspecified atom stereocenters. The number of nitro groups is 1. The minimum Gasteiger partial charge on any atom is -0.467 e. The van der Waals surface area contributed by atoms with Gasteiger partial charge in [0.2, 0.25) is 0 Å². The van der Waals surface area contributed by atoms with E-state index in [-0.39, 0.29) is 25.7 Å². The summed E-state index contributed by atoms with van der Waals surface area (Å²) in [7, 11) is 0. The highest BCUT2D eigenvalue weighted by Crippen LogP contribution is 2.33. The lowest BCUT2D eigenvalue weighted by Gasteiger charge is -2.20. The van der Waals surface area contributed by atoms with Crippen LogP contribution in [0.3, 0.4) is 0 Å². The molecule has 0 fully saturated rings. The van der Waals surface area contributed by atoms with E-state index in [1.165, 1.54) is 12.1 Å². The summed E-state index contributed by atoms with van der Waals surface area (Å²) in [6.45, 7) is -0.00161. The molecule has 0 N–H and O–H groups in total. The maximum absolute atomic E-state index is 13.2. The highest BCUT2D eigenvalue weighted by Gasteiger charge is 2.23. The Kier molecular flexibility index (Phi) is 5.83. The molecular weight excluding hydrogens is 460 g/mol. The van der Waals surface area contributed by atoms with E-state index in [4.69, 9.17) is 25.8 Å². The summed E-state index contributed by atoms with van der Waals surface area (Å²) in [5, 5.41) is 12.6. The van der Waals surface area contributed by atoms with Crippen LogP contribution in [-0.2, 0) is 22.7 Å². The Morgan fingerprint density at radius 2 is 1.91 bits per heavy atom. The molecule has 0 radical (unpaired) electrons. The number of pyridine rings is 1. The van der Waals surface area contributed by atoms with Gasteiger partial charge < -0.3 is 14.2 Å². The molecule has 1 aromatic heterocycles. The van der Waals surface area contributed by atoms with E-state index in [0.717, 1.165) is 5.56 Å². The summed E-state index contributed by atoms with van der Waals surface area (Å²) < 4.78 is 16.4. The van der Waals surface area contributed by atoms with Crippen molar-refractivity contribution in [2.24, 2.45) is 0 Å². The molecule has 1 aliphatic rings. The fourth-order valence-corrected chi connectivity index (χ4v) is 3.95. The lowest BCUT2D eigenvalue weighted by atomic mass is 10.0. The molecule has 170 valence electrons. The second kappa shape index (κ2) is 9.09. The number of esters is 1. The first-order valence-corrected chi connectivity index (χ1v) is 10.7. The van der Waals surface area contributed by atoms with Gasteiger partial charge in [0, 0.05) is 39.2 Å². The molecule has 0 aliphatic carbocycles. The van der Waals surface area contributed by atoms with Crippen molar-refractivity contribution in [1.82, 2.24) is 4.98 Å². The molecule has 0 spiro atoms. The minimum absolute atomic E-state index is 0.0190. The van der Waals surface area contributed by atoms with Crippen molar-refractivity contribution in [2.75, 3.05) is 6.79 Å². The summed E-state index contributed by atoms with van der Waals surface area (Å²) in [5.74, 6) is -0.146. The quantitative estimate of drug-likeness (QED) is 0.207. The number of carbonyl (C=O) groups excluding carboxylic acids is 1. The molecule has 4 aromatic rings. The second-order valence-electron chi connectivity index (χ2n) is 7.62. The van der Waals surface area contributed by atoms with Gasteiger partial charge in [-0.15, -0.1) is 0 Å². The van der Waals surface area contributed by atoms with Gasteiger partial charge in [0.1, 0.15) is 12.4 Å². The van der Waals surface area contributed by atoms with Crippen LogP contribution in [0.15, 0.2) is 66.7 Å². The monoisotopic (exact) mass is 476 g/mol. The zero-order valence-electron chi connectivity index (χ0n) is 17.7. The van der Waals surface area contributed by atoms with Gasteiger partial charge in [-0.1, -0.05) is 41.9 Å². The molecule has 2 heterocycles. The highest BCUT2D eigenvalue weighted by molar-refractivity contribution is 6.30. The fourth-order valence-electron chi connectivity index (χ4n) is 3.83. The predicted octanol–water partition coefficient (Wildman–Crippen LogP) is 5.69. The third-order valence-corrected chi connectivity index (χ3v) is 5.67. The Balaban J connectivity index is 1.49. The maximum Gasteiger partial charge on any atom is 0.339 e. The van der Waals surface area contributed by atoms with Crippen molar-refractivity contribution < 1.29 is 23.9 Å². The first kappa shape index (κ1) is 21.8. The summed E-state index contributed by atoms with van der Waals surface area (Å²) >= 11 is 6.00. The lowest BCUT2D eigenvalue weighted by Crippen LogP contribution is -2.15. The zero-order chi connectivity index (χ0) is 23.7. The van der Waals surface area contributed by atoms with E-state index < -0.39 is 10.9 Å². The predicted molar refractivity (Wildman–Crippen MR) is 125 cm³/mol. The number of ether oxygens (including phenoxy) is 3. The molecule has 1 aliphatic heterocycles. The van der Waals surface area contributed by atoms with E-state index in [0.29, 0.717) is 44.1 Å². The Labute approximate surface area is 198 Å². The van der Waals surface area contributed by atoms with Crippen molar-refractivity contribution in [2.45, 2.75) is 13.2 Å². The third-order valence-electron chi connectivity index (χ3n) is 5.42. The molecule has 5 rings (SSSR count). The average Bonchev–Trinajstić information content (AvgIpc) is 2.86. The van der Waals surface area contributed by atoms with Crippen LogP contribution in [0, 0.1) is 10.1 Å². The molecule has 8 nitrogen and oxygen atoms in total. The zero-order valence-corrected chi connectivity index (χ0v) is 18.4. The third kappa shape index (κ3) is 4.28. The number of rotatable bonds is 5. The van der Waals surface area contributed by atoms with Crippen LogP contribution < -0.4 is 4.74 Å². The van der Waals surface area contributed by atoms with Crippen LogP contribution in [0.1, 0.15) is 21.5 Å². The van der Waals surface area contributed by atoms with E-state index >= 15 is 0 Å². The molecule has 34 heavy (non-hydrogen) atoms. The smallest absolute Gasteiger partial charge is 0.339 e. The van der Waals surface area contributed by atoms with Gasteiger partial charge >= 0.3 is 5.97 Å². The van der Waals surface area contributed by atoms with Crippen molar-refractivity contribution in [1.29, 1.82) is 0 Å². The van der Waals surface area contributed by atoms with Crippen LogP contribution in [0.2, 0.25) is 5.02 Å².